The number of nitrogens with one attached hydrogen (secondary N) is 1. The molecule has 0 aliphatic heterocycles. The van der Waals surface area contributed by atoms with E-state index in [-0.39, 0.29) is 0 Å². The van der Waals surface area contributed by atoms with Gasteiger partial charge in [-0.2, -0.15) is 0 Å². The largest absolute Gasteiger partial charge is 0.291 e. The van der Waals surface area contributed by atoms with Crippen LogP contribution < -0.4 is 5.48 Å². The third-order valence-corrected chi connectivity index (χ3v) is 2.87. The average Bonchev–Trinajstić information content (AvgIpc) is 2.38. The number of anilines is 1. The topological polar surface area (TPSA) is 32.3 Å². The summed E-state index contributed by atoms with van der Waals surface area (Å²) in [6.45, 7) is 0. The van der Waals surface area contributed by atoms with Crippen molar-refractivity contribution in [2.75, 3.05) is 5.48 Å². The van der Waals surface area contributed by atoms with Gasteiger partial charge in [0.25, 0.3) is 0 Å². The summed E-state index contributed by atoms with van der Waals surface area (Å²) in [5.74, 6) is 0. The first-order chi connectivity index (χ1) is 7.88. The predicted molar refractivity (Wildman–Crippen MR) is 66.9 cm³/mol. The molecule has 0 spiro atoms. The Morgan fingerprint density at radius 3 is 2.38 bits per heavy atom. The van der Waals surface area contributed by atoms with E-state index in [0.717, 1.165) is 5.39 Å². The number of fused-ring (bicyclic) bond motifs is 3. The molecule has 0 radical (unpaired) electrons. The van der Waals surface area contributed by atoms with Crippen molar-refractivity contribution in [1.29, 1.82) is 0 Å². The Morgan fingerprint density at radius 1 is 0.750 bits per heavy atom. The second kappa shape index (κ2) is 3.51. The lowest BCUT2D eigenvalue weighted by Gasteiger charge is -2.05. The molecular formula is C14H11NO. The molecule has 2 heteroatoms. The Bertz CT molecular complexity index is 661. The molecule has 0 bridgehead atoms. The molecule has 2 nitrogen and oxygen atoms in total. The molecule has 0 saturated carbocycles. The maximum atomic E-state index is 8.86. The van der Waals surface area contributed by atoms with E-state index in [2.05, 4.69) is 29.7 Å². The predicted octanol–water partition coefficient (Wildman–Crippen LogP) is 3.79. The van der Waals surface area contributed by atoms with Gasteiger partial charge in [0, 0.05) is 0 Å². The minimum Gasteiger partial charge on any atom is -0.291 e. The molecular weight excluding hydrogens is 198 g/mol. The number of benzene rings is 3. The molecule has 0 unspecified atom stereocenters. The monoisotopic (exact) mass is 209 g/mol. The summed E-state index contributed by atoms with van der Waals surface area (Å²) in [5.41, 5.74) is 2.88. The molecule has 3 rings (SSSR count). The minimum atomic E-state index is 0.711. The Balaban J connectivity index is 2.43. The highest BCUT2D eigenvalue weighted by Crippen LogP contribution is 2.27. The number of hydrogen-bond acceptors (Lipinski definition) is 2. The van der Waals surface area contributed by atoms with E-state index < -0.39 is 0 Å². The summed E-state index contributed by atoms with van der Waals surface area (Å²) in [4.78, 5) is 0. The van der Waals surface area contributed by atoms with E-state index in [9.17, 15) is 0 Å². The lowest BCUT2D eigenvalue weighted by atomic mass is 10.0. The average molecular weight is 209 g/mol. The van der Waals surface area contributed by atoms with Crippen LogP contribution in [0, 0.1) is 0 Å². The van der Waals surface area contributed by atoms with Crippen molar-refractivity contribution in [3.8, 4) is 0 Å². The highest BCUT2D eigenvalue weighted by Gasteiger charge is 2.00. The zero-order chi connectivity index (χ0) is 11.0. The number of rotatable bonds is 1. The van der Waals surface area contributed by atoms with Crippen molar-refractivity contribution in [3.63, 3.8) is 0 Å². The van der Waals surface area contributed by atoms with Gasteiger partial charge in [-0.1, -0.05) is 42.5 Å². The molecule has 0 saturated heterocycles. The minimum absolute atomic E-state index is 0.711. The van der Waals surface area contributed by atoms with Crippen LogP contribution in [-0.2, 0) is 0 Å². The number of hydrogen-bond donors (Lipinski definition) is 2. The van der Waals surface area contributed by atoms with E-state index in [1.165, 1.54) is 16.2 Å². The van der Waals surface area contributed by atoms with Crippen molar-refractivity contribution in [2.24, 2.45) is 0 Å². The highest BCUT2D eigenvalue weighted by atomic mass is 16.5. The fourth-order valence-electron chi connectivity index (χ4n) is 2.08. The van der Waals surface area contributed by atoms with E-state index >= 15 is 0 Å². The van der Waals surface area contributed by atoms with E-state index in [4.69, 9.17) is 5.21 Å². The van der Waals surface area contributed by atoms with Crippen LogP contribution in [0.15, 0.2) is 54.6 Å². The summed E-state index contributed by atoms with van der Waals surface area (Å²) in [5, 5.41) is 13.7. The van der Waals surface area contributed by atoms with Crippen LogP contribution in [0.5, 0.6) is 0 Å². The molecule has 0 heterocycles. The molecule has 2 N–H and O–H groups in total. The normalized spacial score (nSPS) is 10.8. The van der Waals surface area contributed by atoms with Gasteiger partial charge >= 0.3 is 0 Å². The summed E-state index contributed by atoms with van der Waals surface area (Å²) in [6.07, 6.45) is 0. The Morgan fingerprint density at radius 2 is 1.50 bits per heavy atom. The van der Waals surface area contributed by atoms with Gasteiger partial charge in [-0.15, -0.1) is 0 Å². The van der Waals surface area contributed by atoms with E-state index in [1.54, 1.807) is 0 Å². The summed E-state index contributed by atoms with van der Waals surface area (Å²) in [7, 11) is 0. The molecule has 0 fully saturated rings. The SMILES string of the molecule is ONc1ccc2c(ccc3ccccc32)c1. The van der Waals surface area contributed by atoms with Gasteiger partial charge in [-0.3, -0.25) is 10.7 Å². The lowest BCUT2D eigenvalue weighted by Crippen LogP contribution is -1.88. The van der Waals surface area contributed by atoms with Crippen LogP contribution in [0.3, 0.4) is 0 Å². The van der Waals surface area contributed by atoms with Gasteiger partial charge in [-0.05, 0) is 33.7 Å². The molecule has 0 aromatic heterocycles. The van der Waals surface area contributed by atoms with Crippen molar-refractivity contribution in [1.82, 2.24) is 0 Å². The van der Waals surface area contributed by atoms with E-state index in [0.29, 0.717) is 5.69 Å². The molecule has 3 aromatic rings. The summed E-state index contributed by atoms with van der Waals surface area (Å²) in [6, 6.07) is 18.3. The van der Waals surface area contributed by atoms with Crippen LogP contribution in [0.1, 0.15) is 0 Å². The maximum absolute atomic E-state index is 8.86. The smallest absolute Gasteiger partial charge is 0.0608 e. The molecule has 0 atom stereocenters. The first-order valence-corrected chi connectivity index (χ1v) is 5.20. The highest BCUT2D eigenvalue weighted by molar-refractivity contribution is 6.08. The van der Waals surface area contributed by atoms with Gasteiger partial charge in [-0.25, -0.2) is 0 Å². The third-order valence-electron chi connectivity index (χ3n) is 2.87. The van der Waals surface area contributed by atoms with Crippen molar-refractivity contribution in [3.05, 3.63) is 54.6 Å². The summed E-state index contributed by atoms with van der Waals surface area (Å²) >= 11 is 0. The maximum Gasteiger partial charge on any atom is 0.0608 e. The van der Waals surface area contributed by atoms with Gasteiger partial charge in [0.15, 0.2) is 0 Å². The zero-order valence-corrected chi connectivity index (χ0v) is 8.64. The van der Waals surface area contributed by atoms with Gasteiger partial charge < -0.3 is 0 Å². The first-order valence-electron chi connectivity index (χ1n) is 5.20. The molecule has 0 aliphatic rings. The van der Waals surface area contributed by atoms with Crippen molar-refractivity contribution in [2.45, 2.75) is 0 Å². The third kappa shape index (κ3) is 1.32. The zero-order valence-electron chi connectivity index (χ0n) is 8.64. The summed E-state index contributed by atoms with van der Waals surface area (Å²) < 4.78 is 0. The van der Waals surface area contributed by atoms with Crippen molar-refractivity contribution < 1.29 is 5.21 Å². The fourth-order valence-corrected chi connectivity index (χ4v) is 2.08. The van der Waals surface area contributed by atoms with Gasteiger partial charge in [0.1, 0.15) is 0 Å². The fraction of sp³-hybridized carbons (Fsp3) is 0. The lowest BCUT2D eigenvalue weighted by molar-refractivity contribution is 0.389. The van der Waals surface area contributed by atoms with E-state index in [1.807, 2.05) is 30.3 Å². The molecule has 0 aliphatic carbocycles. The second-order valence-electron chi connectivity index (χ2n) is 3.83. The Labute approximate surface area is 93.1 Å². The van der Waals surface area contributed by atoms with Crippen LogP contribution in [0.25, 0.3) is 21.5 Å². The quantitative estimate of drug-likeness (QED) is 0.472. The molecule has 0 amide bonds. The Hall–Kier alpha value is -2.06. The molecule has 3 aromatic carbocycles. The van der Waals surface area contributed by atoms with Crippen LogP contribution in [-0.4, -0.2) is 5.21 Å². The van der Waals surface area contributed by atoms with Crippen LogP contribution in [0.2, 0.25) is 0 Å². The standard InChI is InChI=1S/C14H11NO/c16-15-12-7-8-14-11(9-12)6-5-10-3-1-2-4-13(10)14/h1-9,15-16H. The Kier molecular flexibility index (Phi) is 2.01. The van der Waals surface area contributed by atoms with Gasteiger partial charge in [0.05, 0.1) is 5.69 Å². The van der Waals surface area contributed by atoms with Gasteiger partial charge in [0.2, 0.25) is 0 Å². The van der Waals surface area contributed by atoms with Crippen LogP contribution >= 0.6 is 0 Å². The molecule has 78 valence electrons. The second-order valence-corrected chi connectivity index (χ2v) is 3.83. The molecule has 16 heavy (non-hydrogen) atoms. The van der Waals surface area contributed by atoms with Crippen LogP contribution in [0.4, 0.5) is 5.69 Å². The first kappa shape index (κ1) is 9.19. The van der Waals surface area contributed by atoms with Crippen molar-refractivity contribution >= 4 is 27.2 Å².